The molecule has 2 aromatic heterocycles. The summed E-state index contributed by atoms with van der Waals surface area (Å²) in [4.78, 5) is 4.93. The fourth-order valence-electron chi connectivity index (χ4n) is 10.8. The molecule has 0 fully saturated rings. The van der Waals surface area contributed by atoms with Crippen molar-refractivity contribution in [1.29, 1.82) is 0 Å². The molecule has 65 heavy (non-hydrogen) atoms. The molecule has 0 aliphatic heterocycles. The van der Waals surface area contributed by atoms with Crippen LogP contribution in [0.1, 0.15) is 68.2 Å². The Morgan fingerprint density at radius 2 is 1.25 bits per heavy atom. The standard InChI is InChI=1S/C61H53N3O/c1-8-20-44-46-25-18-30-55(60(46)65-57(44)11-4)64(54-29-19-28-53-59(54)48-24-15-17-27-52(48)62(53)7)42-35-36-47-49(37-42)61(5,6)50-38-56(43-22-13-14-23-45(43)58(47)50)63(41-33-31-39(9-2)32-34-41)51-26-16-12-21-40(51)10-3/h8,11-38H,4,9-10H2,1-3,5-7H3/b20-8-. The SMILES string of the molecule is C=Cc1oc2c(N(c3ccc4c(c3)C(C)(C)c3cc(N(c5ccc(CC)cc5)c5ccccc5CC)c5ccccc5c3-4)c3cccc4c3c3ccccc3n4C)cccc2c1/C=C\C. The van der Waals surface area contributed by atoms with E-state index in [1.165, 1.54) is 77.3 Å². The molecule has 0 bridgehead atoms. The molecule has 8 aromatic carbocycles. The second-order valence-corrected chi connectivity index (χ2v) is 17.9. The zero-order valence-corrected chi connectivity index (χ0v) is 38.1. The summed E-state index contributed by atoms with van der Waals surface area (Å²) in [6.07, 6.45) is 7.95. The first-order valence-electron chi connectivity index (χ1n) is 23.0. The Bertz CT molecular complexity index is 3540. The lowest BCUT2D eigenvalue weighted by molar-refractivity contribution is 0.604. The minimum Gasteiger partial charge on any atom is -0.454 e. The van der Waals surface area contributed by atoms with Crippen LogP contribution in [0.4, 0.5) is 34.1 Å². The van der Waals surface area contributed by atoms with Gasteiger partial charge in [0.15, 0.2) is 5.58 Å². The Morgan fingerprint density at radius 1 is 0.600 bits per heavy atom. The minimum absolute atomic E-state index is 0.343. The van der Waals surface area contributed by atoms with Crippen molar-refractivity contribution in [3.63, 3.8) is 0 Å². The van der Waals surface area contributed by atoms with Gasteiger partial charge in [-0.2, -0.15) is 0 Å². The molecule has 0 unspecified atom stereocenters. The number of benzene rings is 8. The topological polar surface area (TPSA) is 24.6 Å². The maximum Gasteiger partial charge on any atom is 0.159 e. The fraction of sp³-hybridized carbons (Fsp3) is 0.148. The zero-order chi connectivity index (χ0) is 44.6. The molecular weight excluding hydrogens is 791 g/mol. The second kappa shape index (κ2) is 15.6. The van der Waals surface area contributed by atoms with Crippen LogP contribution in [0.25, 0.3) is 66.8 Å². The normalized spacial score (nSPS) is 13.0. The number of hydrogen-bond acceptors (Lipinski definition) is 3. The quantitative estimate of drug-likeness (QED) is 0.137. The summed E-state index contributed by atoms with van der Waals surface area (Å²) in [5, 5.41) is 5.95. The summed E-state index contributed by atoms with van der Waals surface area (Å²) in [5.41, 5.74) is 18.4. The predicted octanol–water partition coefficient (Wildman–Crippen LogP) is 17.3. The molecule has 4 heteroatoms. The molecule has 10 aromatic rings. The van der Waals surface area contributed by atoms with Crippen molar-refractivity contribution < 1.29 is 4.42 Å². The summed E-state index contributed by atoms with van der Waals surface area (Å²) in [5.74, 6) is 0.763. The zero-order valence-electron chi connectivity index (χ0n) is 38.1. The largest absolute Gasteiger partial charge is 0.454 e. The van der Waals surface area contributed by atoms with Crippen LogP contribution in [0.15, 0.2) is 175 Å². The molecule has 11 rings (SSSR count). The molecule has 0 spiro atoms. The molecular formula is C61H53N3O. The van der Waals surface area contributed by atoms with Gasteiger partial charge in [-0.25, -0.2) is 0 Å². The van der Waals surface area contributed by atoms with Gasteiger partial charge in [0.25, 0.3) is 0 Å². The van der Waals surface area contributed by atoms with Crippen molar-refractivity contribution in [2.24, 2.45) is 7.05 Å². The lowest BCUT2D eigenvalue weighted by Crippen LogP contribution is -2.18. The maximum absolute atomic E-state index is 6.81. The van der Waals surface area contributed by atoms with E-state index in [1.807, 2.05) is 13.0 Å². The smallest absolute Gasteiger partial charge is 0.159 e. The van der Waals surface area contributed by atoms with Crippen molar-refractivity contribution in [1.82, 2.24) is 4.57 Å². The van der Waals surface area contributed by atoms with Crippen LogP contribution in [0.5, 0.6) is 0 Å². The highest BCUT2D eigenvalue weighted by Gasteiger charge is 2.39. The molecule has 0 amide bonds. The van der Waals surface area contributed by atoms with Crippen LogP contribution in [-0.2, 0) is 25.3 Å². The molecule has 2 heterocycles. The summed E-state index contributed by atoms with van der Waals surface area (Å²) in [7, 11) is 2.17. The van der Waals surface area contributed by atoms with E-state index in [4.69, 9.17) is 4.42 Å². The van der Waals surface area contributed by atoms with Crippen molar-refractivity contribution in [3.8, 4) is 11.1 Å². The van der Waals surface area contributed by atoms with Crippen molar-refractivity contribution >= 4 is 89.8 Å². The lowest BCUT2D eigenvalue weighted by atomic mass is 9.81. The number of furan rings is 1. The third-order valence-electron chi connectivity index (χ3n) is 14.0. The molecule has 1 aliphatic rings. The summed E-state index contributed by atoms with van der Waals surface area (Å²) >= 11 is 0. The molecule has 1 aliphatic carbocycles. The van der Waals surface area contributed by atoms with E-state index in [-0.39, 0.29) is 5.41 Å². The first-order chi connectivity index (χ1) is 31.8. The van der Waals surface area contributed by atoms with E-state index in [2.05, 4.69) is 226 Å². The molecule has 0 radical (unpaired) electrons. The highest BCUT2D eigenvalue weighted by molar-refractivity contribution is 6.17. The Labute approximate surface area is 382 Å². The molecule has 0 saturated heterocycles. The number of fused-ring (bicyclic) bond motifs is 9. The Balaban J connectivity index is 1.17. The third kappa shape index (κ3) is 6.11. The van der Waals surface area contributed by atoms with E-state index in [1.54, 1.807) is 0 Å². The lowest BCUT2D eigenvalue weighted by Gasteiger charge is -2.31. The summed E-state index contributed by atoms with van der Waals surface area (Å²) in [6.45, 7) is 15.5. The number of anilines is 6. The number of aromatic nitrogens is 1. The maximum atomic E-state index is 6.81. The van der Waals surface area contributed by atoms with E-state index in [0.29, 0.717) is 0 Å². The van der Waals surface area contributed by atoms with Crippen molar-refractivity contribution in [2.45, 2.75) is 52.9 Å². The highest BCUT2D eigenvalue weighted by Crippen LogP contribution is 2.56. The fourth-order valence-corrected chi connectivity index (χ4v) is 10.8. The van der Waals surface area contributed by atoms with Crippen molar-refractivity contribution in [3.05, 3.63) is 204 Å². The Morgan fingerprint density at radius 3 is 2.02 bits per heavy atom. The Kier molecular flexibility index (Phi) is 9.66. The molecule has 318 valence electrons. The van der Waals surface area contributed by atoms with Gasteiger partial charge in [0.05, 0.1) is 22.6 Å². The van der Waals surface area contributed by atoms with Crippen LogP contribution in [-0.4, -0.2) is 4.57 Å². The van der Waals surface area contributed by atoms with Gasteiger partial charge in [-0.1, -0.05) is 143 Å². The predicted molar refractivity (Wildman–Crippen MR) is 278 cm³/mol. The molecule has 0 atom stereocenters. The van der Waals surface area contributed by atoms with E-state index < -0.39 is 0 Å². The van der Waals surface area contributed by atoms with Crippen LogP contribution >= 0.6 is 0 Å². The number of para-hydroxylation sites is 3. The highest BCUT2D eigenvalue weighted by atomic mass is 16.3. The van der Waals surface area contributed by atoms with E-state index in [0.717, 1.165) is 57.9 Å². The van der Waals surface area contributed by atoms with Crippen LogP contribution in [0, 0.1) is 0 Å². The minimum atomic E-state index is -0.343. The molecule has 0 saturated carbocycles. The van der Waals surface area contributed by atoms with Gasteiger partial charge in [-0.3, -0.25) is 0 Å². The van der Waals surface area contributed by atoms with Crippen LogP contribution < -0.4 is 9.80 Å². The van der Waals surface area contributed by atoms with E-state index >= 15 is 0 Å². The average Bonchev–Trinajstić information content (AvgIpc) is 3.94. The number of allylic oxidation sites excluding steroid dienone is 1. The average molecular weight is 844 g/mol. The van der Waals surface area contributed by atoms with Gasteiger partial charge in [0.1, 0.15) is 5.76 Å². The first-order valence-corrected chi connectivity index (χ1v) is 23.0. The van der Waals surface area contributed by atoms with E-state index in [9.17, 15) is 0 Å². The van der Waals surface area contributed by atoms with Gasteiger partial charge in [-0.15, -0.1) is 0 Å². The number of aryl methyl sites for hydroxylation is 3. The summed E-state index contributed by atoms with van der Waals surface area (Å²) < 4.78 is 9.12. The monoisotopic (exact) mass is 843 g/mol. The van der Waals surface area contributed by atoms with Crippen LogP contribution in [0.3, 0.4) is 0 Å². The van der Waals surface area contributed by atoms with Crippen molar-refractivity contribution in [2.75, 3.05) is 9.80 Å². The first kappa shape index (κ1) is 40.2. The molecule has 0 N–H and O–H groups in total. The van der Waals surface area contributed by atoms with Crippen LogP contribution in [0.2, 0.25) is 0 Å². The number of nitrogens with zero attached hydrogens (tertiary/aromatic N) is 3. The Hall–Kier alpha value is -7.56. The second-order valence-electron chi connectivity index (χ2n) is 17.9. The van der Waals surface area contributed by atoms with Gasteiger partial charge in [0, 0.05) is 62.1 Å². The van der Waals surface area contributed by atoms with Gasteiger partial charge < -0.3 is 18.8 Å². The number of rotatable bonds is 10. The number of hydrogen-bond donors (Lipinski definition) is 0. The van der Waals surface area contributed by atoms with Gasteiger partial charge in [0.2, 0.25) is 0 Å². The van der Waals surface area contributed by atoms with Gasteiger partial charge >= 0.3 is 0 Å². The summed E-state index contributed by atoms with van der Waals surface area (Å²) in [6, 6.07) is 58.6. The third-order valence-corrected chi connectivity index (χ3v) is 14.0. The van der Waals surface area contributed by atoms with Gasteiger partial charge in [-0.05, 0) is 125 Å². The molecule has 4 nitrogen and oxygen atoms in total.